The maximum Gasteiger partial charge on any atom is 0.304 e. The molecule has 0 aromatic heterocycles. The Morgan fingerprint density at radius 1 is 1.04 bits per heavy atom. The van der Waals surface area contributed by atoms with E-state index in [1.54, 1.807) is 0 Å². The molecule has 2 N–H and O–H groups in total. The van der Waals surface area contributed by atoms with Crippen molar-refractivity contribution in [1.82, 2.24) is 4.90 Å². The summed E-state index contributed by atoms with van der Waals surface area (Å²) in [4.78, 5) is 12.8. The van der Waals surface area contributed by atoms with Gasteiger partial charge in [0.25, 0.3) is 0 Å². The van der Waals surface area contributed by atoms with Gasteiger partial charge in [0.05, 0.1) is 6.42 Å². The number of hydrogen-bond donors (Lipinski definition) is 2. The number of carboxylic acids is 1. The number of nitrogens with zero attached hydrogens (tertiary/aromatic N) is 1. The van der Waals surface area contributed by atoms with E-state index in [0.717, 1.165) is 5.56 Å². The molecule has 0 bridgehead atoms. The Labute approximate surface area is 142 Å². The first-order chi connectivity index (χ1) is 11.6. The minimum Gasteiger partial charge on any atom is -0.491 e. The molecule has 1 unspecified atom stereocenters. The number of ether oxygens (including phenoxy) is 1. The van der Waals surface area contributed by atoms with E-state index in [9.17, 15) is 9.90 Å². The van der Waals surface area contributed by atoms with E-state index >= 15 is 0 Å². The molecule has 0 aliphatic heterocycles. The van der Waals surface area contributed by atoms with Crippen LogP contribution in [-0.2, 0) is 11.3 Å². The number of benzene rings is 2. The van der Waals surface area contributed by atoms with Gasteiger partial charge in [0.2, 0.25) is 0 Å². The second-order valence-corrected chi connectivity index (χ2v) is 5.64. The normalized spacial score (nSPS) is 12.1. The number of rotatable bonds is 10. The van der Waals surface area contributed by atoms with Crippen molar-refractivity contribution in [3.63, 3.8) is 0 Å². The first-order valence-electron chi connectivity index (χ1n) is 7.97. The molecule has 2 aromatic carbocycles. The summed E-state index contributed by atoms with van der Waals surface area (Å²) in [6.45, 7) is 1.50. The molecule has 0 heterocycles. The predicted molar refractivity (Wildman–Crippen MR) is 91.9 cm³/mol. The highest BCUT2D eigenvalue weighted by Gasteiger charge is 2.14. The quantitative estimate of drug-likeness (QED) is 0.700. The summed E-state index contributed by atoms with van der Waals surface area (Å²) in [6, 6.07) is 19.1. The maximum absolute atomic E-state index is 10.8. The lowest BCUT2D eigenvalue weighted by Crippen LogP contribution is -2.36. The fourth-order valence-electron chi connectivity index (χ4n) is 2.39. The van der Waals surface area contributed by atoms with Gasteiger partial charge in [-0.15, -0.1) is 0 Å². The molecule has 128 valence electrons. The topological polar surface area (TPSA) is 70.0 Å². The number of carbonyl (C=O) groups is 1. The van der Waals surface area contributed by atoms with Gasteiger partial charge in [-0.25, -0.2) is 0 Å². The summed E-state index contributed by atoms with van der Waals surface area (Å²) in [5.74, 6) is -0.139. The molecule has 0 radical (unpaired) electrons. The zero-order valence-corrected chi connectivity index (χ0v) is 13.5. The Bertz CT molecular complexity index is 603. The highest BCUT2D eigenvalue weighted by Crippen LogP contribution is 2.10. The van der Waals surface area contributed by atoms with Crippen LogP contribution in [0.25, 0.3) is 0 Å². The van der Waals surface area contributed by atoms with Gasteiger partial charge in [0.1, 0.15) is 18.5 Å². The van der Waals surface area contributed by atoms with E-state index in [4.69, 9.17) is 9.84 Å². The van der Waals surface area contributed by atoms with Crippen LogP contribution in [-0.4, -0.2) is 46.9 Å². The van der Waals surface area contributed by atoms with Crippen LogP contribution >= 0.6 is 0 Å². The molecule has 0 aliphatic rings. The van der Waals surface area contributed by atoms with Crippen molar-refractivity contribution in [2.75, 3.05) is 19.7 Å². The van der Waals surface area contributed by atoms with Gasteiger partial charge in [-0.2, -0.15) is 0 Å². The second kappa shape index (κ2) is 9.70. The van der Waals surface area contributed by atoms with Gasteiger partial charge < -0.3 is 14.9 Å². The van der Waals surface area contributed by atoms with Gasteiger partial charge in [0, 0.05) is 19.6 Å². The van der Waals surface area contributed by atoms with Gasteiger partial charge >= 0.3 is 5.97 Å². The first kappa shape index (κ1) is 18.0. The zero-order chi connectivity index (χ0) is 17.2. The van der Waals surface area contributed by atoms with Gasteiger partial charge in [-0.3, -0.25) is 9.69 Å². The summed E-state index contributed by atoms with van der Waals surface area (Å²) >= 11 is 0. The van der Waals surface area contributed by atoms with E-state index in [1.165, 1.54) is 0 Å². The molecule has 0 fully saturated rings. The Kier molecular flexibility index (Phi) is 7.26. The standard InChI is InChI=1S/C19H23NO4/c21-17(15-24-18-9-5-2-6-10-18)14-20(12-11-19(22)23)13-16-7-3-1-4-8-16/h1-10,17,21H,11-15H2,(H,22,23). The summed E-state index contributed by atoms with van der Waals surface area (Å²) in [5, 5.41) is 19.1. The third-order valence-corrected chi connectivity index (χ3v) is 3.55. The molecule has 5 nitrogen and oxygen atoms in total. The molecule has 0 saturated carbocycles. The predicted octanol–water partition coefficient (Wildman–Crippen LogP) is 2.40. The highest BCUT2D eigenvalue weighted by atomic mass is 16.5. The van der Waals surface area contributed by atoms with Crippen LogP contribution in [0.5, 0.6) is 5.75 Å². The SMILES string of the molecule is O=C(O)CCN(Cc1ccccc1)CC(O)COc1ccccc1. The van der Waals surface area contributed by atoms with Gasteiger partial charge in [0.15, 0.2) is 0 Å². The average molecular weight is 329 g/mol. The zero-order valence-electron chi connectivity index (χ0n) is 13.5. The van der Waals surface area contributed by atoms with Crippen LogP contribution < -0.4 is 4.74 Å². The molecule has 0 spiro atoms. The first-order valence-corrected chi connectivity index (χ1v) is 7.97. The van der Waals surface area contributed by atoms with Crippen molar-refractivity contribution in [3.8, 4) is 5.75 Å². The van der Waals surface area contributed by atoms with Crippen LogP contribution in [0.2, 0.25) is 0 Å². The lowest BCUT2D eigenvalue weighted by Gasteiger charge is -2.24. The average Bonchev–Trinajstić information content (AvgIpc) is 2.60. The number of aliphatic hydroxyl groups excluding tert-OH is 1. The number of aliphatic hydroxyl groups is 1. The highest BCUT2D eigenvalue weighted by molar-refractivity contribution is 5.66. The largest absolute Gasteiger partial charge is 0.491 e. The van der Waals surface area contributed by atoms with Crippen molar-refractivity contribution in [2.24, 2.45) is 0 Å². The molecule has 5 heteroatoms. The van der Waals surface area contributed by atoms with Crippen molar-refractivity contribution < 1.29 is 19.7 Å². The third-order valence-electron chi connectivity index (χ3n) is 3.55. The summed E-state index contributed by atoms with van der Waals surface area (Å²) in [7, 11) is 0. The van der Waals surface area contributed by atoms with Gasteiger partial charge in [-0.1, -0.05) is 48.5 Å². The second-order valence-electron chi connectivity index (χ2n) is 5.64. The molecular formula is C19H23NO4. The van der Waals surface area contributed by atoms with Crippen LogP contribution in [0, 0.1) is 0 Å². The third kappa shape index (κ3) is 6.81. The summed E-state index contributed by atoms with van der Waals surface area (Å²) < 4.78 is 5.55. The Morgan fingerprint density at radius 3 is 2.29 bits per heavy atom. The lowest BCUT2D eigenvalue weighted by molar-refractivity contribution is -0.137. The smallest absolute Gasteiger partial charge is 0.304 e. The molecule has 2 aromatic rings. The molecular weight excluding hydrogens is 306 g/mol. The minimum absolute atomic E-state index is 0.0408. The van der Waals surface area contributed by atoms with E-state index in [1.807, 2.05) is 65.6 Å². The Hall–Kier alpha value is -2.37. The fourth-order valence-corrected chi connectivity index (χ4v) is 2.39. The molecule has 0 saturated heterocycles. The molecule has 0 aliphatic carbocycles. The van der Waals surface area contributed by atoms with Crippen LogP contribution in [0.4, 0.5) is 0 Å². The van der Waals surface area contributed by atoms with Crippen molar-refractivity contribution in [1.29, 1.82) is 0 Å². The van der Waals surface area contributed by atoms with E-state index in [2.05, 4.69) is 0 Å². The molecule has 2 rings (SSSR count). The van der Waals surface area contributed by atoms with E-state index in [0.29, 0.717) is 25.4 Å². The van der Waals surface area contributed by atoms with Crippen LogP contribution in [0.15, 0.2) is 60.7 Å². The van der Waals surface area contributed by atoms with Crippen molar-refractivity contribution in [3.05, 3.63) is 66.2 Å². The van der Waals surface area contributed by atoms with E-state index < -0.39 is 12.1 Å². The number of aliphatic carboxylic acids is 1. The monoisotopic (exact) mass is 329 g/mol. The van der Waals surface area contributed by atoms with Crippen LogP contribution in [0.1, 0.15) is 12.0 Å². The maximum atomic E-state index is 10.8. The summed E-state index contributed by atoms with van der Waals surface area (Å²) in [6.07, 6.45) is -0.651. The van der Waals surface area contributed by atoms with E-state index in [-0.39, 0.29) is 13.0 Å². The van der Waals surface area contributed by atoms with Crippen molar-refractivity contribution in [2.45, 2.75) is 19.1 Å². The Balaban J connectivity index is 1.87. The fraction of sp³-hybridized carbons (Fsp3) is 0.316. The lowest BCUT2D eigenvalue weighted by atomic mass is 10.2. The number of para-hydroxylation sites is 1. The van der Waals surface area contributed by atoms with Crippen molar-refractivity contribution >= 4 is 5.97 Å². The number of carboxylic acid groups (broad SMARTS) is 1. The molecule has 1 atom stereocenters. The minimum atomic E-state index is -0.844. The summed E-state index contributed by atoms with van der Waals surface area (Å²) in [5.41, 5.74) is 1.08. The Morgan fingerprint density at radius 2 is 1.67 bits per heavy atom. The number of hydrogen-bond acceptors (Lipinski definition) is 4. The van der Waals surface area contributed by atoms with Gasteiger partial charge in [-0.05, 0) is 17.7 Å². The van der Waals surface area contributed by atoms with Crippen LogP contribution in [0.3, 0.4) is 0 Å². The molecule has 0 amide bonds. The molecule has 24 heavy (non-hydrogen) atoms.